The number of rotatable bonds is 7. The maximum absolute atomic E-state index is 14.6. The van der Waals surface area contributed by atoms with Gasteiger partial charge in [-0.05, 0) is 36.8 Å². The summed E-state index contributed by atoms with van der Waals surface area (Å²) < 4.78 is 27.9. The molecule has 0 unspecified atom stereocenters. The number of anilines is 2. The molecule has 4 heterocycles. The highest BCUT2D eigenvalue weighted by Gasteiger charge is 2.23. The second kappa shape index (κ2) is 10.8. The van der Waals surface area contributed by atoms with Gasteiger partial charge in [0.05, 0.1) is 6.20 Å². The molecular weight excluding hydrogens is 529 g/mol. The van der Waals surface area contributed by atoms with Crippen LogP contribution in [0.25, 0.3) is 22.1 Å². The second-order valence-electron chi connectivity index (χ2n) is 9.65. The smallest absolute Gasteiger partial charge is 0.317 e. The number of amides is 1. The lowest BCUT2D eigenvalue weighted by molar-refractivity contribution is -0.127. The molecule has 1 aliphatic heterocycles. The highest BCUT2D eigenvalue weighted by atomic mass is 19.1. The first-order valence-corrected chi connectivity index (χ1v) is 13.0. The molecule has 0 radical (unpaired) electrons. The van der Waals surface area contributed by atoms with Crippen LogP contribution in [-0.4, -0.2) is 64.9 Å². The fourth-order valence-corrected chi connectivity index (χ4v) is 4.74. The summed E-state index contributed by atoms with van der Waals surface area (Å²) in [4.78, 5) is 31.1. The van der Waals surface area contributed by atoms with Gasteiger partial charge in [0.1, 0.15) is 46.0 Å². The van der Waals surface area contributed by atoms with Gasteiger partial charge < -0.3 is 19.7 Å². The minimum atomic E-state index is -0.463. The van der Waals surface area contributed by atoms with E-state index in [9.17, 15) is 9.18 Å². The molecule has 1 amide bonds. The molecule has 12 nitrogen and oxygen atoms in total. The van der Waals surface area contributed by atoms with Crippen LogP contribution in [0, 0.1) is 12.7 Å². The zero-order valence-electron chi connectivity index (χ0n) is 22.4. The van der Waals surface area contributed by atoms with E-state index < -0.39 is 5.82 Å². The zero-order chi connectivity index (χ0) is 28.5. The highest BCUT2D eigenvalue weighted by Crippen LogP contribution is 2.32. The Kier molecular flexibility index (Phi) is 6.83. The van der Waals surface area contributed by atoms with Gasteiger partial charge in [-0.1, -0.05) is 11.8 Å². The summed E-state index contributed by atoms with van der Waals surface area (Å²) in [5, 5.41) is 11.1. The number of halogens is 1. The SMILES string of the molecule is C=CC(=O)N1CCC(Oc2ncc3ncnc(Nc4ccc(Oc5cc(F)c6c(c5)nnn6C)c(C)c4)c3n2)CC1. The summed E-state index contributed by atoms with van der Waals surface area (Å²) in [6.07, 6.45) is 5.58. The number of ether oxygens (including phenoxy) is 2. The molecule has 1 saturated heterocycles. The van der Waals surface area contributed by atoms with Crippen LogP contribution in [0.4, 0.5) is 15.9 Å². The van der Waals surface area contributed by atoms with Crippen LogP contribution in [0.15, 0.2) is 55.5 Å². The van der Waals surface area contributed by atoms with Crippen LogP contribution in [-0.2, 0) is 11.8 Å². The average molecular weight is 556 g/mol. The minimum absolute atomic E-state index is 0.0782. The Hall–Kier alpha value is -5.20. The van der Waals surface area contributed by atoms with Gasteiger partial charge in [-0.3, -0.25) is 4.79 Å². The van der Waals surface area contributed by atoms with E-state index in [4.69, 9.17) is 9.47 Å². The lowest BCUT2D eigenvalue weighted by Crippen LogP contribution is -2.41. The molecule has 3 aromatic heterocycles. The van der Waals surface area contributed by atoms with E-state index in [-0.39, 0.29) is 18.0 Å². The van der Waals surface area contributed by atoms with Gasteiger partial charge in [-0.25, -0.2) is 24.0 Å². The first kappa shape index (κ1) is 26.0. The van der Waals surface area contributed by atoms with Crippen LogP contribution in [0.1, 0.15) is 18.4 Å². The molecule has 2 aromatic carbocycles. The normalized spacial score (nSPS) is 13.9. The van der Waals surface area contributed by atoms with E-state index in [0.717, 1.165) is 11.3 Å². The summed E-state index contributed by atoms with van der Waals surface area (Å²) in [6, 6.07) is 8.67. The Balaban J connectivity index is 1.18. The number of carbonyl (C=O) groups excluding carboxylic acids is 1. The topological polar surface area (TPSA) is 133 Å². The maximum Gasteiger partial charge on any atom is 0.317 e. The number of hydrogen-bond acceptors (Lipinski definition) is 10. The third-order valence-electron chi connectivity index (χ3n) is 6.85. The number of hydrogen-bond donors (Lipinski definition) is 1. The van der Waals surface area contributed by atoms with Crippen molar-refractivity contribution < 1.29 is 18.7 Å². The number of nitrogens with zero attached hydrogens (tertiary/aromatic N) is 8. The lowest BCUT2D eigenvalue weighted by Gasteiger charge is -2.30. The molecule has 1 N–H and O–H groups in total. The molecule has 13 heteroatoms. The Labute approximate surface area is 233 Å². The van der Waals surface area contributed by atoms with Gasteiger partial charge in [-0.15, -0.1) is 5.10 Å². The monoisotopic (exact) mass is 555 g/mol. The Bertz CT molecular complexity index is 1780. The number of aromatic nitrogens is 7. The van der Waals surface area contributed by atoms with Gasteiger partial charge in [0.25, 0.3) is 0 Å². The molecule has 5 aromatic rings. The number of piperidine rings is 1. The molecule has 0 spiro atoms. The molecule has 6 rings (SSSR count). The summed E-state index contributed by atoms with van der Waals surface area (Å²) >= 11 is 0. The number of aryl methyl sites for hydroxylation is 2. The van der Waals surface area contributed by atoms with Gasteiger partial charge in [-0.2, -0.15) is 4.98 Å². The van der Waals surface area contributed by atoms with E-state index in [1.807, 2.05) is 19.1 Å². The Morgan fingerprint density at radius 3 is 2.76 bits per heavy atom. The van der Waals surface area contributed by atoms with E-state index in [0.29, 0.717) is 65.3 Å². The largest absolute Gasteiger partial charge is 0.460 e. The first-order valence-electron chi connectivity index (χ1n) is 13.0. The number of benzene rings is 2. The molecule has 0 atom stereocenters. The predicted octanol–water partition coefficient (Wildman–Crippen LogP) is 4.24. The van der Waals surface area contributed by atoms with E-state index in [1.165, 1.54) is 23.2 Å². The number of fused-ring (bicyclic) bond motifs is 2. The number of carbonyl (C=O) groups is 1. The Morgan fingerprint density at radius 1 is 1.15 bits per heavy atom. The third kappa shape index (κ3) is 5.33. The lowest BCUT2D eigenvalue weighted by atomic mass is 10.1. The predicted molar refractivity (Wildman–Crippen MR) is 149 cm³/mol. The van der Waals surface area contributed by atoms with E-state index in [2.05, 4.69) is 42.1 Å². The number of nitrogens with one attached hydrogen (secondary N) is 1. The summed E-state index contributed by atoms with van der Waals surface area (Å²) in [6.45, 7) is 6.60. The quantitative estimate of drug-likeness (QED) is 0.291. The minimum Gasteiger partial charge on any atom is -0.460 e. The Morgan fingerprint density at radius 2 is 1.98 bits per heavy atom. The van der Waals surface area contributed by atoms with E-state index >= 15 is 0 Å². The highest BCUT2D eigenvalue weighted by molar-refractivity contribution is 5.87. The summed E-state index contributed by atoms with van der Waals surface area (Å²) in [7, 11) is 1.63. The number of likely N-dealkylation sites (tertiary alicyclic amines) is 1. The summed E-state index contributed by atoms with van der Waals surface area (Å²) in [5.41, 5.74) is 3.33. The molecule has 0 saturated carbocycles. The van der Waals surface area contributed by atoms with Crippen molar-refractivity contribution in [3.63, 3.8) is 0 Å². The first-order chi connectivity index (χ1) is 19.9. The molecule has 41 heavy (non-hydrogen) atoms. The fourth-order valence-electron chi connectivity index (χ4n) is 4.74. The van der Waals surface area contributed by atoms with Crippen molar-refractivity contribution >= 4 is 39.5 Å². The molecule has 208 valence electrons. The summed E-state index contributed by atoms with van der Waals surface area (Å²) in [5.74, 6) is 0.825. The van der Waals surface area contributed by atoms with Crippen molar-refractivity contribution in [2.75, 3.05) is 18.4 Å². The molecule has 0 bridgehead atoms. The van der Waals surface area contributed by atoms with Gasteiger partial charge in [0.2, 0.25) is 5.91 Å². The van der Waals surface area contributed by atoms with Crippen molar-refractivity contribution in [2.24, 2.45) is 7.05 Å². The second-order valence-corrected chi connectivity index (χ2v) is 9.65. The van der Waals surface area contributed by atoms with Crippen LogP contribution in [0.3, 0.4) is 0 Å². The van der Waals surface area contributed by atoms with Crippen LogP contribution in [0.5, 0.6) is 17.5 Å². The van der Waals surface area contributed by atoms with Crippen molar-refractivity contribution in [3.05, 3.63) is 66.9 Å². The van der Waals surface area contributed by atoms with Crippen LogP contribution in [0.2, 0.25) is 0 Å². The average Bonchev–Trinajstić information content (AvgIpc) is 3.35. The van der Waals surface area contributed by atoms with Crippen molar-refractivity contribution in [2.45, 2.75) is 25.9 Å². The van der Waals surface area contributed by atoms with Gasteiger partial charge >= 0.3 is 6.01 Å². The van der Waals surface area contributed by atoms with Gasteiger partial charge in [0, 0.05) is 50.8 Å². The molecule has 1 aliphatic rings. The standard InChI is InChI=1S/C28H26FN9O3/c1-4-24(39)38-9-7-18(8-10-38)41-28-30-14-22-25(34-28)27(32-15-31-22)33-17-5-6-23(16(2)11-17)40-19-12-20(29)26-21(13-19)35-36-37(26)3/h4-6,11-15,18H,1,7-10H2,2-3H3,(H,31,32,33). The molecular formula is C28H26FN9O3. The van der Waals surface area contributed by atoms with E-state index in [1.54, 1.807) is 30.3 Å². The van der Waals surface area contributed by atoms with Crippen LogP contribution < -0.4 is 14.8 Å². The van der Waals surface area contributed by atoms with Crippen molar-refractivity contribution in [1.29, 1.82) is 0 Å². The third-order valence-corrected chi connectivity index (χ3v) is 6.85. The van der Waals surface area contributed by atoms with Crippen molar-refractivity contribution in [3.8, 4) is 17.5 Å². The molecule has 0 aliphatic carbocycles. The molecule has 1 fully saturated rings. The van der Waals surface area contributed by atoms with Gasteiger partial charge in [0.15, 0.2) is 11.6 Å². The fraction of sp³-hybridized carbons (Fsp3) is 0.250. The van der Waals surface area contributed by atoms with Crippen molar-refractivity contribution in [1.82, 2.24) is 39.8 Å². The maximum atomic E-state index is 14.6. The van der Waals surface area contributed by atoms with Crippen LogP contribution >= 0.6 is 0 Å². The zero-order valence-corrected chi connectivity index (χ0v) is 22.4.